The Morgan fingerprint density at radius 2 is 1.50 bits per heavy atom. The molecule has 1 amide bonds. The van der Waals surface area contributed by atoms with E-state index >= 15 is 0 Å². The van der Waals surface area contributed by atoms with E-state index in [-0.39, 0.29) is 0 Å². The molecule has 6 N–H and O–H groups in total. The Balaban J connectivity index is 3.24. The van der Waals surface area contributed by atoms with Crippen LogP contribution < -0.4 is 16.8 Å². The minimum absolute atomic E-state index is 0.313. The number of carbonyl (C=O) groups excluding carboxylic acids is 1. The maximum Gasteiger partial charge on any atom is 0.322 e. The number of carboxylic acid groups (broad SMARTS) is 1. The van der Waals surface area contributed by atoms with E-state index in [0.29, 0.717) is 27.6 Å². The van der Waals surface area contributed by atoms with Crippen molar-refractivity contribution in [2.45, 2.75) is 0 Å². The van der Waals surface area contributed by atoms with Gasteiger partial charge in [-0.1, -0.05) is 0 Å². The van der Waals surface area contributed by atoms with E-state index in [1.54, 1.807) is 0 Å². The molecule has 0 radical (unpaired) electrons. The Morgan fingerprint density at radius 3 is 1.89 bits per heavy atom. The number of anilines is 2. The smallest absolute Gasteiger partial charge is 0.322 e. The van der Waals surface area contributed by atoms with Crippen molar-refractivity contribution < 1.29 is 14.7 Å². The highest BCUT2D eigenvalue weighted by atomic mass is 127. The summed E-state index contributed by atoms with van der Waals surface area (Å²) in [5.41, 5.74) is 12.9. The molecule has 0 fully saturated rings. The molecule has 1 aromatic rings. The van der Waals surface area contributed by atoms with Crippen LogP contribution in [0.2, 0.25) is 0 Å². The SMILES string of the molecule is Nc1c(I)c(N)c(I)c(C(=O)NCC(=O)O)c1I. The van der Waals surface area contributed by atoms with Gasteiger partial charge in [0, 0.05) is 0 Å². The van der Waals surface area contributed by atoms with Gasteiger partial charge in [-0.3, -0.25) is 9.59 Å². The van der Waals surface area contributed by atoms with Gasteiger partial charge in [0.2, 0.25) is 0 Å². The first-order valence-electron chi connectivity index (χ1n) is 4.48. The van der Waals surface area contributed by atoms with Gasteiger partial charge in [-0.2, -0.15) is 0 Å². The third-order valence-corrected chi connectivity index (χ3v) is 5.42. The first-order chi connectivity index (χ1) is 8.27. The lowest BCUT2D eigenvalue weighted by Gasteiger charge is -2.14. The van der Waals surface area contributed by atoms with Gasteiger partial charge in [-0.05, 0) is 67.8 Å². The summed E-state index contributed by atoms with van der Waals surface area (Å²) < 4.78 is 1.83. The van der Waals surface area contributed by atoms with E-state index in [1.807, 2.05) is 67.8 Å². The number of carboxylic acids is 1. The lowest BCUT2D eigenvalue weighted by atomic mass is 10.1. The monoisotopic (exact) mass is 587 g/mol. The van der Waals surface area contributed by atoms with Crippen LogP contribution in [-0.2, 0) is 4.79 Å². The summed E-state index contributed by atoms with van der Waals surface area (Å²) in [7, 11) is 0. The van der Waals surface area contributed by atoms with Crippen molar-refractivity contribution in [3.8, 4) is 0 Å². The molecule has 0 bridgehead atoms. The Labute approximate surface area is 144 Å². The molecule has 98 valence electrons. The largest absolute Gasteiger partial charge is 0.480 e. The first kappa shape index (κ1) is 16.0. The number of nitrogens with two attached hydrogens (primary N) is 2. The zero-order valence-electron chi connectivity index (χ0n) is 8.76. The average molecular weight is 587 g/mol. The van der Waals surface area contributed by atoms with Gasteiger partial charge >= 0.3 is 5.97 Å². The van der Waals surface area contributed by atoms with E-state index in [4.69, 9.17) is 16.6 Å². The molecular weight excluding hydrogens is 579 g/mol. The van der Waals surface area contributed by atoms with Crippen LogP contribution in [0.3, 0.4) is 0 Å². The summed E-state index contributed by atoms with van der Waals surface area (Å²) in [6.07, 6.45) is 0. The van der Waals surface area contributed by atoms with E-state index in [1.165, 1.54) is 0 Å². The summed E-state index contributed by atoms with van der Waals surface area (Å²) in [4.78, 5) is 22.3. The van der Waals surface area contributed by atoms with Gasteiger partial charge in [-0.25, -0.2) is 0 Å². The zero-order valence-corrected chi connectivity index (χ0v) is 15.2. The van der Waals surface area contributed by atoms with Crippen molar-refractivity contribution in [2.24, 2.45) is 0 Å². The lowest BCUT2D eigenvalue weighted by Crippen LogP contribution is -2.31. The number of carbonyl (C=O) groups is 2. The third-order valence-electron chi connectivity index (χ3n) is 2.01. The molecule has 0 spiro atoms. The Kier molecular flexibility index (Phi) is 5.69. The summed E-state index contributed by atoms with van der Waals surface area (Å²) in [5.74, 6) is -1.61. The molecular formula is C9H8I3N3O3. The van der Waals surface area contributed by atoms with Gasteiger partial charge in [0.1, 0.15) is 6.54 Å². The molecule has 1 aromatic carbocycles. The van der Waals surface area contributed by atoms with E-state index in [2.05, 4.69) is 5.32 Å². The van der Waals surface area contributed by atoms with Crippen LogP contribution in [0.1, 0.15) is 10.4 Å². The number of halogens is 3. The molecule has 0 aliphatic carbocycles. The fraction of sp³-hybridized carbons (Fsp3) is 0.111. The normalized spacial score (nSPS) is 10.2. The third kappa shape index (κ3) is 3.28. The molecule has 0 saturated carbocycles. The van der Waals surface area contributed by atoms with Gasteiger partial charge in [0.15, 0.2) is 0 Å². The number of rotatable bonds is 3. The molecule has 0 saturated heterocycles. The predicted octanol–water partition coefficient (Wildman–Crippen LogP) is 1.48. The van der Waals surface area contributed by atoms with E-state index in [9.17, 15) is 9.59 Å². The summed E-state index contributed by atoms with van der Waals surface area (Å²) in [5, 5.41) is 10.8. The van der Waals surface area contributed by atoms with Crippen molar-refractivity contribution in [3.05, 3.63) is 16.3 Å². The number of benzene rings is 1. The van der Waals surface area contributed by atoms with Crippen molar-refractivity contribution in [2.75, 3.05) is 18.0 Å². The highest BCUT2D eigenvalue weighted by Gasteiger charge is 2.22. The number of hydrogen-bond acceptors (Lipinski definition) is 4. The standard InChI is InChI=1S/C9H8I3N3O3/c10-4-3(9(18)15-1-2(16)17)5(11)8(14)6(12)7(4)13/h1,13-14H2,(H,15,18)(H,16,17). The van der Waals surface area contributed by atoms with E-state index < -0.39 is 18.4 Å². The molecule has 0 aliphatic rings. The second-order valence-corrected chi connectivity index (χ2v) is 6.46. The van der Waals surface area contributed by atoms with Gasteiger partial charge in [0.05, 0.1) is 27.6 Å². The van der Waals surface area contributed by atoms with Gasteiger partial charge in [0.25, 0.3) is 5.91 Å². The Bertz CT molecular complexity index is 505. The highest BCUT2D eigenvalue weighted by Crippen LogP contribution is 2.35. The molecule has 0 atom stereocenters. The van der Waals surface area contributed by atoms with Crippen LogP contribution in [0, 0.1) is 10.7 Å². The van der Waals surface area contributed by atoms with Gasteiger partial charge < -0.3 is 21.9 Å². The van der Waals surface area contributed by atoms with Crippen LogP contribution in [0.25, 0.3) is 0 Å². The average Bonchev–Trinajstić information content (AvgIpc) is 2.31. The summed E-state index contributed by atoms with van der Waals surface area (Å²) in [6.45, 7) is -0.448. The van der Waals surface area contributed by atoms with Crippen molar-refractivity contribution in [1.29, 1.82) is 0 Å². The number of amides is 1. The van der Waals surface area contributed by atoms with Crippen molar-refractivity contribution >= 4 is 91.0 Å². The van der Waals surface area contributed by atoms with Crippen LogP contribution in [-0.4, -0.2) is 23.5 Å². The first-order valence-corrected chi connectivity index (χ1v) is 7.72. The van der Waals surface area contributed by atoms with Crippen LogP contribution >= 0.6 is 67.8 Å². The number of nitrogen functional groups attached to an aromatic ring is 2. The maximum absolute atomic E-state index is 11.9. The molecule has 6 nitrogen and oxygen atoms in total. The second-order valence-electron chi connectivity index (χ2n) is 3.22. The second kappa shape index (κ2) is 6.40. The molecule has 9 heteroatoms. The summed E-state index contributed by atoms with van der Waals surface area (Å²) in [6, 6.07) is 0. The number of nitrogens with one attached hydrogen (secondary N) is 1. The van der Waals surface area contributed by atoms with Crippen LogP contribution in [0.15, 0.2) is 0 Å². The minimum Gasteiger partial charge on any atom is -0.480 e. The Hall–Kier alpha value is -0.0500. The molecule has 18 heavy (non-hydrogen) atoms. The quantitative estimate of drug-likeness (QED) is 0.316. The lowest BCUT2D eigenvalue weighted by molar-refractivity contribution is -0.135. The maximum atomic E-state index is 11.9. The molecule has 0 aromatic heterocycles. The van der Waals surface area contributed by atoms with Crippen LogP contribution in [0.5, 0.6) is 0 Å². The molecule has 1 rings (SSSR count). The topological polar surface area (TPSA) is 118 Å². The van der Waals surface area contributed by atoms with Gasteiger partial charge in [-0.15, -0.1) is 0 Å². The highest BCUT2D eigenvalue weighted by molar-refractivity contribution is 14.1. The predicted molar refractivity (Wildman–Crippen MR) is 93.4 cm³/mol. The fourth-order valence-corrected chi connectivity index (χ4v) is 4.80. The Morgan fingerprint density at radius 1 is 1.06 bits per heavy atom. The molecule has 0 aliphatic heterocycles. The fourth-order valence-electron chi connectivity index (χ4n) is 1.15. The summed E-state index contributed by atoms with van der Waals surface area (Å²) >= 11 is 5.90. The zero-order chi connectivity index (χ0) is 14.0. The van der Waals surface area contributed by atoms with Crippen molar-refractivity contribution in [3.63, 3.8) is 0 Å². The van der Waals surface area contributed by atoms with Crippen molar-refractivity contribution in [1.82, 2.24) is 5.32 Å². The molecule has 0 heterocycles. The minimum atomic E-state index is -1.11. The number of hydrogen-bond donors (Lipinski definition) is 4. The molecule has 0 unspecified atom stereocenters. The van der Waals surface area contributed by atoms with Crippen LogP contribution in [0.4, 0.5) is 11.4 Å². The van der Waals surface area contributed by atoms with E-state index in [0.717, 1.165) is 0 Å². The number of aliphatic carboxylic acids is 1.